The highest BCUT2D eigenvalue weighted by Gasteiger charge is 2.47. The van der Waals surface area contributed by atoms with Crippen LogP contribution in [-0.2, 0) is 28.4 Å². The highest BCUT2D eigenvalue weighted by Crippen LogP contribution is 2.35. The molecule has 2 saturated heterocycles. The predicted molar refractivity (Wildman–Crippen MR) is 127 cm³/mol. The van der Waals surface area contributed by atoms with E-state index in [9.17, 15) is 44.3 Å². The summed E-state index contributed by atoms with van der Waals surface area (Å²) < 4.78 is 123. The molecule has 0 bridgehead atoms. The molecule has 1 N–H and O–H groups in total. The van der Waals surface area contributed by atoms with Crippen molar-refractivity contribution in [2.45, 2.75) is 56.1 Å². The van der Waals surface area contributed by atoms with E-state index < -0.39 is 67.1 Å². The average Bonchev–Trinajstić information content (AvgIpc) is 3.27. The molecule has 0 amide bonds. The van der Waals surface area contributed by atoms with Crippen LogP contribution < -0.4 is 10.2 Å². The molecule has 3 heterocycles. The van der Waals surface area contributed by atoms with Crippen molar-refractivity contribution in [2.75, 3.05) is 31.1 Å². The number of esters is 1. The molecule has 0 spiro atoms. The first-order valence-corrected chi connectivity index (χ1v) is 12.7. The lowest BCUT2D eigenvalue weighted by Crippen LogP contribution is -2.51. The van der Waals surface area contributed by atoms with Crippen LogP contribution in [0.4, 0.5) is 45.5 Å². The van der Waals surface area contributed by atoms with E-state index in [0.717, 1.165) is 10.5 Å². The van der Waals surface area contributed by atoms with Gasteiger partial charge in [0, 0.05) is 24.2 Å². The smallest absolute Gasteiger partial charge is 0.452 e. The van der Waals surface area contributed by atoms with E-state index in [-0.39, 0.29) is 12.1 Å². The number of hydrogen-bond donors (Lipinski definition) is 1. The Morgan fingerprint density at radius 1 is 0.927 bits per heavy atom. The van der Waals surface area contributed by atoms with Gasteiger partial charge in [0.05, 0.1) is 12.6 Å². The summed E-state index contributed by atoms with van der Waals surface area (Å²) >= 11 is 5.90. The Balaban J connectivity index is 1.49. The van der Waals surface area contributed by atoms with E-state index in [2.05, 4.69) is 24.9 Å². The number of carbonyl (C=O) groups is 1. The zero-order valence-electron chi connectivity index (χ0n) is 21.0. The normalized spacial score (nSPS) is 21.4. The number of aromatic nitrogens is 2. The minimum Gasteiger partial charge on any atom is -0.452 e. The van der Waals surface area contributed by atoms with E-state index in [4.69, 9.17) is 11.6 Å². The summed E-state index contributed by atoms with van der Waals surface area (Å²) in [6, 6.07) is 5.67. The predicted octanol–water partition coefficient (Wildman–Crippen LogP) is 5.08. The maximum atomic E-state index is 13.3. The Morgan fingerprint density at radius 3 is 2.00 bits per heavy atom. The van der Waals surface area contributed by atoms with E-state index in [1.807, 2.05) is 12.1 Å². The van der Waals surface area contributed by atoms with Gasteiger partial charge < -0.3 is 15.0 Å². The number of ether oxygens (including phenoxy) is 1. The van der Waals surface area contributed by atoms with E-state index in [1.165, 1.54) is 0 Å². The van der Waals surface area contributed by atoms with Crippen molar-refractivity contribution in [3.05, 3.63) is 52.3 Å². The first-order chi connectivity index (χ1) is 19.0. The minimum atomic E-state index is -5.36. The number of benzene rings is 1. The molecule has 4 rings (SSSR count). The van der Waals surface area contributed by atoms with Crippen LogP contribution in [0, 0.1) is 0 Å². The fraction of sp³-hybridized carbons (Fsp3) is 0.542. The van der Waals surface area contributed by atoms with Crippen LogP contribution in [-0.4, -0.2) is 71.4 Å². The molecule has 0 aliphatic carbocycles. The molecule has 2 unspecified atom stereocenters. The number of nitrogens with zero attached hydrogens (tertiary/aromatic N) is 4. The molecular formula is C24H23ClF9N5O2. The Labute approximate surface area is 232 Å². The zero-order valence-corrected chi connectivity index (χ0v) is 21.7. The summed E-state index contributed by atoms with van der Waals surface area (Å²) in [6.07, 6.45) is -16.4. The van der Waals surface area contributed by atoms with Gasteiger partial charge in [0.25, 0.3) is 0 Å². The summed E-state index contributed by atoms with van der Waals surface area (Å²) in [6.45, 7) is 0.749. The number of rotatable bonds is 6. The fourth-order valence-corrected chi connectivity index (χ4v) is 4.82. The monoisotopic (exact) mass is 619 g/mol. The van der Waals surface area contributed by atoms with Crippen molar-refractivity contribution in [1.29, 1.82) is 0 Å². The molecule has 2 aliphatic rings. The SMILES string of the molecule is O=C(OC1CN(c2nc(C(F)(F)F)cc(C(F)(F)F)n2)CC1NC1CCN(Cc2ccc(Cl)cc2)CC1)C(F)(F)F. The Bertz CT molecular complexity index is 1180. The van der Waals surface area contributed by atoms with E-state index >= 15 is 0 Å². The summed E-state index contributed by atoms with van der Waals surface area (Å²) in [4.78, 5) is 20.9. The molecule has 2 atom stereocenters. The lowest BCUT2D eigenvalue weighted by molar-refractivity contribution is -0.204. The Morgan fingerprint density at radius 2 is 1.49 bits per heavy atom. The van der Waals surface area contributed by atoms with Gasteiger partial charge in [0.15, 0.2) is 11.4 Å². The van der Waals surface area contributed by atoms with Gasteiger partial charge in [-0.15, -0.1) is 0 Å². The van der Waals surface area contributed by atoms with Gasteiger partial charge in [0.2, 0.25) is 5.95 Å². The third kappa shape index (κ3) is 8.13. The number of alkyl halides is 9. The number of carbonyl (C=O) groups excluding carboxylic acids is 1. The van der Waals surface area contributed by atoms with Crippen molar-refractivity contribution in [3.8, 4) is 0 Å². The molecule has 226 valence electrons. The van der Waals surface area contributed by atoms with Gasteiger partial charge >= 0.3 is 24.5 Å². The summed E-state index contributed by atoms with van der Waals surface area (Å²) in [5.74, 6) is -3.53. The van der Waals surface area contributed by atoms with Crippen molar-refractivity contribution in [1.82, 2.24) is 20.2 Å². The average molecular weight is 620 g/mol. The molecule has 1 aromatic heterocycles. The van der Waals surface area contributed by atoms with Crippen molar-refractivity contribution in [2.24, 2.45) is 0 Å². The second-order valence-corrected chi connectivity index (χ2v) is 10.2. The lowest BCUT2D eigenvalue weighted by Gasteiger charge is -2.34. The number of likely N-dealkylation sites (tertiary alicyclic amines) is 1. The number of nitrogens with one attached hydrogen (secondary N) is 1. The maximum Gasteiger partial charge on any atom is 0.490 e. The van der Waals surface area contributed by atoms with Gasteiger partial charge in [-0.3, -0.25) is 4.90 Å². The highest BCUT2D eigenvalue weighted by molar-refractivity contribution is 6.30. The van der Waals surface area contributed by atoms with Crippen LogP contribution in [0.1, 0.15) is 29.8 Å². The van der Waals surface area contributed by atoms with Crippen LogP contribution in [0.2, 0.25) is 5.02 Å². The Kier molecular flexibility index (Phi) is 8.95. The number of piperidine rings is 1. The minimum absolute atomic E-state index is 0.256. The van der Waals surface area contributed by atoms with Crippen molar-refractivity contribution >= 4 is 23.5 Å². The first-order valence-electron chi connectivity index (χ1n) is 12.3. The third-order valence-corrected chi connectivity index (χ3v) is 6.94. The molecule has 7 nitrogen and oxygen atoms in total. The van der Waals surface area contributed by atoms with E-state index in [1.54, 1.807) is 12.1 Å². The van der Waals surface area contributed by atoms with Gasteiger partial charge in [-0.25, -0.2) is 14.8 Å². The molecule has 17 heteroatoms. The van der Waals surface area contributed by atoms with E-state index in [0.29, 0.717) is 37.5 Å². The number of anilines is 1. The molecule has 2 aromatic rings. The van der Waals surface area contributed by atoms with Gasteiger partial charge in [-0.05, 0) is 49.7 Å². The Hall–Kier alpha value is -2.85. The molecule has 2 aliphatic heterocycles. The van der Waals surface area contributed by atoms with Crippen molar-refractivity contribution < 1.29 is 49.0 Å². The molecule has 2 fully saturated rings. The molecule has 1 aromatic carbocycles. The summed E-state index contributed by atoms with van der Waals surface area (Å²) in [5.41, 5.74) is -2.73. The second kappa shape index (κ2) is 11.8. The second-order valence-electron chi connectivity index (χ2n) is 9.73. The van der Waals surface area contributed by atoms with Crippen LogP contribution in [0.15, 0.2) is 30.3 Å². The van der Waals surface area contributed by atoms with Crippen LogP contribution in [0.25, 0.3) is 0 Å². The van der Waals surface area contributed by atoms with Gasteiger partial charge in [0.1, 0.15) is 6.10 Å². The summed E-state index contributed by atoms with van der Waals surface area (Å²) in [5, 5.41) is 3.67. The standard InChI is InChI=1S/C24H23ClF9N5O2/c25-14-3-1-13(2-4-14)10-38-7-5-15(6-8-38)35-16-11-39(12-17(16)41-20(40)24(32,33)34)21-36-18(22(26,27)28)9-19(37-21)23(29,30)31/h1-4,9,15-17,35H,5-8,10-12H2. The van der Waals surface area contributed by atoms with Gasteiger partial charge in [-0.2, -0.15) is 39.5 Å². The summed E-state index contributed by atoms with van der Waals surface area (Å²) in [7, 11) is 0. The van der Waals surface area contributed by atoms with Crippen LogP contribution >= 0.6 is 11.6 Å². The maximum absolute atomic E-state index is 13.3. The topological polar surface area (TPSA) is 70.6 Å². The quantitative estimate of drug-likeness (QED) is 0.357. The van der Waals surface area contributed by atoms with Gasteiger partial charge in [-0.1, -0.05) is 23.7 Å². The lowest BCUT2D eigenvalue weighted by atomic mass is 10.0. The number of halogens is 10. The number of hydrogen-bond acceptors (Lipinski definition) is 7. The van der Waals surface area contributed by atoms with Crippen LogP contribution in [0.3, 0.4) is 0 Å². The molecular weight excluding hydrogens is 597 g/mol. The first kappa shape index (κ1) is 31.1. The van der Waals surface area contributed by atoms with Crippen LogP contribution in [0.5, 0.6) is 0 Å². The molecule has 41 heavy (non-hydrogen) atoms. The molecule has 0 saturated carbocycles. The molecule has 0 radical (unpaired) electrons. The zero-order chi connectivity index (χ0) is 30.2. The third-order valence-electron chi connectivity index (χ3n) is 6.69. The largest absolute Gasteiger partial charge is 0.490 e. The van der Waals surface area contributed by atoms with Crippen molar-refractivity contribution in [3.63, 3.8) is 0 Å². The fourth-order valence-electron chi connectivity index (χ4n) is 4.70. The highest BCUT2D eigenvalue weighted by atomic mass is 35.5.